The number of hydrogen-bond acceptors (Lipinski definition) is 3. The number of rotatable bonds is 6. The van der Waals surface area contributed by atoms with Gasteiger partial charge in [0.25, 0.3) is 5.91 Å². The SMILES string of the molecule is CCN(C(=O)c1ccc(F)cc1I)C(C)CS(=O)(=O)CC. The van der Waals surface area contributed by atoms with Crippen LogP contribution in [0.25, 0.3) is 0 Å². The van der Waals surface area contributed by atoms with E-state index in [1.165, 1.54) is 23.1 Å². The third kappa shape index (κ3) is 4.91. The highest BCUT2D eigenvalue weighted by molar-refractivity contribution is 14.1. The molecule has 0 saturated carbocycles. The van der Waals surface area contributed by atoms with E-state index in [0.29, 0.717) is 15.7 Å². The second-order valence-corrected chi connectivity index (χ2v) is 8.32. The van der Waals surface area contributed by atoms with Crippen LogP contribution in [0.1, 0.15) is 31.1 Å². The Balaban J connectivity index is 3.01. The molecule has 0 aliphatic carbocycles. The molecule has 0 radical (unpaired) electrons. The Hall–Kier alpha value is -0.700. The minimum absolute atomic E-state index is 0.0527. The second-order valence-electron chi connectivity index (χ2n) is 4.76. The van der Waals surface area contributed by atoms with Crippen molar-refractivity contribution in [3.63, 3.8) is 0 Å². The molecule has 1 unspecified atom stereocenters. The number of hydrogen-bond donors (Lipinski definition) is 0. The lowest BCUT2D eigenvalue weighted by molar-refractivity contribution is 0.0718. The smallest absolute Gasteiger partial charge is 0.255 e. The maximum absolute atomic E-state index is 13.1. The molecule has 0 saturated heterocycles. The Morgan fingerprint density at radius 1 is 1.38 bits per heavy atom. The first-order chi connectivity index (χ1) is 9.71. The van der Waals surface area contributed by atoms with Crippen molar-refractivity contribution in [2.24, 2.45) is 0 Å². The van der Waals surface area contributed by atoms with Gasteiger partial charge in [-0.1, -0.05) is 6.92 Å². The Kier molecular flexibility index (Phi) is 6.58. The molecule has 0 aliphatic heterocycles. The standard InChI is InChI=1S/C14H19FINO3S/c1-4-17(10(3)9-21(19,20)5-2)14(18)12-7-6-11(15)8-13(12)16/h6-8,10H,4-5,9H2,1-3H3. The summed E-state index contributed by atoms with van der Waals surface area (Å²) in [7, 11) is -3.16. The minimum Gasteiger partial charge on any atom is -0.335 e. The van der Waals surface area contributed by atoms with Crippen molar-refractivity contribution in [1.82, 2.24) is 4.90 Å². The predicted molar refractivity (Wildman–Crippen MR) is 89.6 cm³/mol. The number of sulfone groups is 1. The van der Waals surface area contributed by atoms with Gasteiger partial charge in [0.1, 0.15) is 5.82 Å². The number of benzene rings is 1. The fraction of sp³-hybridized carbons (Fsp3) is 0.500. The van der Waals surface area contributed by atoms with Crippen molar-refractivity contribution in [2.45, 2.75) is 26.8 Å². The summed E-state index contributed by atoms with van der Waals surface area (Å²) in [4.78, 5) is 14.0. The summed E-state index contributed by atoms with van der Waals surface area (Å²) in [6.07, 6.45) is 0. The molecule has 0 aromatic heterocycles. The van der Waals surface area contributed by atoms with Crippen molar-refractivity contribution in [1.29, 1.82) is 0 Å². The molecule has 4 nitrogen and oxygen atoms in total. The van der Waals surface area contributed by atoms with E-state index in [4.69, 9.17) is 0 Å². The van der Waals surface area contributed by atoms with Gasteiger partial charge in [-0.25, -0.2) is 12.8 Å². The van der Waals surface area contributed by atoms with Gasteiger partial charge in [-0.05, 0) is 54.6 Å². The largest absolute Gasteiger partial charge is 0.335 e. The first-order valence-electron chi connectivity index (χ1n) is 6.68. The van der Waals surface area contributed by atoms with Crippen LogP contribution in [-0.4, -0.2) is 43.3 Å². The van der Waals surface area contributed by atoms with Crippen LogP contribution in [0.2, 0.25) is 0 Å². The van der Waals surface area contributed by atoms with Crippen molar-refractivity contribution < 1.29 is 17.6 Å². The molecular formula is C14H19FINO3S. The Morgan fingerprint density at radius 2 is 2.00 bits per heavy atom. The summed E-state index contributed by atoms with van der Waals surface area (Å²) in [6.45, 7) is 5.49. The predicted octanol–water partition coefficient (Wildman–Crippen LogP) is 2.72. The van der Waals surface area contributed by atoms with Crippen molar-refractivity contribution in [3.8, 4) is 0 Å². The van der Waals surface area contributed by atoms with Gasteiger partial charge in [0, 0.05) is 21.9 Å². The first kappa shape index (κ1) is 18.3. The van der Waals surface area contributed by atoms with Crippen LogP contribution < -0.4 is 0 Å². The summed E-state index contributed by atoms with van der Waals surface area (Å²) >= 11 is 1.90. The van der Waals surface area contributed by atoms with Crippen LogP contribution in [0.5, 0.6) is 0 Å². The van der Waals surface area contributed by atoms with E-state index in [0.717, 1.165) is 0 Å². The highest BCUT2D eigenvalue weighted by Crippen LogP contribution is 2.18. The zero-order valence-corrected chi connectivity index (χ0v) is 15.2. The van der Waals surface area contributed by atoms with Crippen LogP contribution in [0.4, 0.5) is 4.39 Å². The van der Waals surface area contributed by atoms with Gasteiger partial charge in [0.15, 0.2) is 9.84 Å². The van der Waals surface area contributed by atoms with Crippen LogP contribution >= 0.6 is 22.6 Å². The monoisotopic (exact) mass is 427 g/mol. The van der Waals surface area contributed by atoms with E-state index < -0.39 is 21.7 Å². The summed E-state index contributed by atoms with van der Waals surface area (Å²) in [5, 5.41) is 0. The van der Waals surface area contributed by atoms with E-state index in [2.05, 4.69) is 0 Å². The molecule has 0 aliphatic rings. The van der Waals surface area contributed by atoms with E-state index in [1.807, 2.05) is 22.6 Å². The zero-order chi connectivity index (χ0) is 16.2. The lowest BCUT2D eigenvalue weighted by Gasteiger charge is -2.28. The Bertz CT molecular complexity index is 619. The summed E-state index contributed by atoms with van der Waals surface area (Å²) in [6, 6.07) is 3.53. The number of carbonyl (C=O) groups is 1. The quantitative estimate of drug-likeness (QED) is 0.657. The third-order valence-corrected chi connectivity index (χ3v) is 5.99. The van der Waals surface area contributed by atoms with Gasteiger partial charge >= 0.3 is 0 Å². The van der Waals surface area contributed by atoms with Gasteiger partial charge in [0.2, 0.25) is 0 Å². The highest BCUT2D eigenvalue weighted by Gasteiger charge is 2.25. The topological polar surface area (TPSA) is 54.5 Å². The van der Waals surface area contributed by atoms with Crippen LogP contribution in [0, 0.1) is 9.39 Å². The number of carbonyl (C=O) groups excluding carboxylic acids is 1. The highest BCUT2D eigenvalue weighted by atomic mass is 127. The molecule has 0 spiro atoms. The van der Waals surface area contributed by atoms with Gasteiger partial charge in [-0.3, -0.25) is 4.79 Å². The molecule has 1 aromatic carbocycles. The number of halogens is 2. The summed E-state index contributed by atoms with van der Waals surface area (Å²) in [5.74, 6) is -0.695. The van der Waals surface area contributed by atoms with Gasteiger partial charge in [0.05, 0.1) is 11.3 Å². The van der Waals surface area contributed by atoms with Crippen molar-refractivity contribution >= 4 is 38.3 Å². The average Bonchev–Trinajstić information content (AvgIpc) is 2.38. The molecule has 0 bridgehead atoms. The van der Waals surface area contributed by atoms with Crippen LogP contribution in [0.3, 0.4) is 0 Å². The second kappa shape index (κ2) is 7.53. The molecule has 118 valence electrons. The first-order valence-corrected chi connectivity index (χ1v) is 9.58. The van der Waals surface area contributed by atoms with E-state index >= 15 is 0 Å². The zero-order valence-electron chi connectivity index (χ0n) is 12.3. The molecule has 1 rings (SSSR count). The third-order valence-electron chi connectivity index (χ3n) is 3.23. The van der Waals surface area contributed by atoms with Gasteiger partial charge in [-0.15, -0.1) is 0 Å². The molecule has 1 atom stereocenters. The molecule has 7 heteroatoms. The average molecular weight is 427 g/mol. The molecule has 1 aromatic rings. The van der Waals surface area contributed by atoms with Crippen molar-refractivity contribution in [3.05, 3.63) is 33.1 Å². The fourth-order valence-electron chi connectivity index (χ4n) is 2.05. The summed E-state index contributed by atoms with van der Waals surface area (Å²) < 4.78 is 37.1. The molecule has 21 heavy (non-hydrogen) atoms. The Labute approximate surface area is 138 Å². The van der Waals surface area contributed by atoms with Crippen LogP contribution in [0.15, 0.2) is 18.2 Å². The molecule has 0 fully saturated rings. The minimum atomic E-state index is -3.16. The lowest BCUT2D eigenvalue weighted by Crippen LogP contribution is -2.42. The molecular weight excluding hydrogens is 408 g/mol. The number of nitrogens with zero attached hydrogens (tertiary/aromatic N) is 1. The summed E-state index contributed by atoms with van der Waals surface area (Å²) in [5.41, 5.74) is 0.389. The normalized spacial score (nSPS) is 13.0. The fourth-order valence-corrected chi connectivity index (χ4v) is 3.91. The number of amides is 1. The van der Waals surface area contributed by atoms with Crippen molar-refractivity contribution in [2.75, 3.05) is 18.1 Å². The lowest BCUT2D eigenvalue weighted by atomic mass is 10.1. The maximum Gasteiger partial charge on any atom is 0.255 e. The molecule has 0 heterocycles. The molecule has 0 N–H and O–H groups in total. The maximum atomic E-state index is 13.1. The van der Waals surface area contributed by atoms with E-state index in [9.17, 15) is 17.6 Å². The van der Waals surface area contributed by atoms with Gasteiger partial charge in [-0.2, -0.15) is 0 Å². The van der Waals surface area contributed by atoms with E-state index in [1.54, 1.807) is 20.8 Å². The van der Waals surface area contributed by atoms with E-state index in [-0.39, 0.29) is 17.4 Å². The molecule has 1 amide bonds. The van der Waals surface area contributed by atoms with Gasteiger partial charge < -0.3 is 4.90 Å². The van der Waals surface area contributed by atoms with Crippen LogP contribution in [-0.2, 0) is 9.84 Å². The Morgan fingerprint density at radius 3 is 2.48 bits per heavy atom.